The number of fused-ring (bicyclic) bond motifs is 1. The van der Waals surface area contributed by atoms with Crippen LogP contribution < -0.4 is 0 Å². The van der Waals surface area contributed by atoms with E-state index in [2.05, 4.69) is 15.1 Å². The maximum absolute atomic E-state index is 12.3. The van der Waals surface area contributed by atoms with Gasteiger partial charge in [-0.25, -0.2) is 9.78 Å². The predicted molar refractivity (Wildman–Crippen MR) is 110 cm³/mol. The molecule has 1 atom stereocenters. The van der Waals surface area contributed by atoms with Gasteiger partial charge < -0.3 is 23.3 Å². The molecule has 32 heavy (non-hydrogen) atoms. The van der Waals surface area contributed by atoms with Gasteiger partial charge in [0.1, 0.15) is 11.7 Å². The quantitative estimate of drug-likeness (QED) is 0.591. The molecule has 10 heteroatoms. The van der Waals surface area contributed by atoms with Gasteiger partial charge in [0.15, 0.2) is 17.3 Å². The standard InChI is InChI=1S/C22H23N5O5/c23-11-17-16-10-19(31-18(16)1-5-24-17)21-25-20(26-32-21)9-14-2-6-27(7-3-14)22(28)30-13-15-4-8-29-12-15/h1,5,10,14-15H,2-4,6-9,12-13H2. The molecule has 10 nitrogen and oxygen atoms in total. The summed E-state index contributed by atoms with van der Waals surface area (Å²) in [6.07, 6.45) is 4.61. The second-order valence-electron chi connectivity index (χ2n) is 8.25. The molecule has 0 radical (unpaired) electrons. The van der Waals surface area contributed by atoms with Gasteiger partial charge in [0.05, 0.1) is 18.6 Å². The van der Waals surface area contributed by atoms with Gasteiger partial charge in [0.2, 0.25) is 0 Å². The van der Waals surface area contributed by atoms with Crippen molar-refractivity contribution in [2.45, 2.75) is 25.7 Å². The third-order valence-corrected chi connectivity index (χ3v) is 6.04. The van der Waals surface area contributed by atoms with Crippen molar-refractivity contribution in [3.8, 4) is 17.7 Å². The molecular weight excluding hydrogens is 414 g/mol. The van der Waals surface area contributed by atoms with Crippen molar-refractivity contribution < 1.29 is 23.2 Å². The Kier molecular flexibility index (Phi) is 5.73. The van der Waals surface area contributed by atoms with E-state index in [1.165, 1.54) is 6.20 Å². The topological polar surface area (TPSA) is 128 Å². The fourth-order valence-electron chi connectivity index (χ4n) is 4.17. The molecule has 1 amide bonds. The first-order valence-corrected chi connectivity index (χ1v) is 10.8. The van der Waals surface area contributed by atoms with Gasteiger partial charge in [-0.1, -0.05) is 5.16 Å². The van der Waals surface area contributed by atoms with Gasteiger partial charge >= 0.3 is 6.09 Å². The summed E-state index contributed by atoms with van der Waals surface area (Å²) in [6, 6.07) is 5.43. The monoisotopic (exact) mass is 437 g/mol. The van der Waals surface area contributed by atoms with Crippen molar-refractivity contribution in [2.75, 3.05) is 32.9 Å². The zero-order chi connectivity index (χ0) is 21.9. The van der Waals surface area contributed by atoms with E-state index in [1.807, 2.05) is 6.07 Å². The Labute approximate surface area is 184 Å². The number of carbonyl (C=O) groups excluding carboxylic acids is 1. The van der Waals surface area contributed by atoms with Crippen molar-refractivity contribution in [3.63, 3.8) is 0 Å². The molecule has 0 saturated carbocycles. The molecular formula is C22H23N5O5. The molecule has 5 heterocycles. The zero-order valence-corrected chi connectivity index (χ0v) is 17.5. The van der Waals surface area contributed by atoms with Crippen LogP contribution in [0.4, 0.5) is 4.79 Å². The Morgan fingerprint density at radius 1 is 1.28 bits per heavy atom. The summed E-state index contributed by atoms with van der Waals surface area (Å²) >= 11 is 0. The Bertz CT molecular complexity index is 1140. The van der Waals surface area contributed by atoms with Gasteiger partial charge in [0, 0.05) is 44.3 Å². The summed E-state index contributed by atoms with van der Waals surface area (Å²) in [6.45, 7) is 3.16. The number of piperidine rings is 1. The van der Waals surface area contributed by atoms with Crippen LogP contribution in [0.25, 0.3) is 22.6 Å². The van der Waals surface area contributed by atoms with Gasteiger partial charge in [-0.2, -0.15) is 10.2 Å². The van der Waals surface area contributed by atoms with E-state index >= 15 is 0 Å². The highest BCUT2D eigenvalue weighted by Gasteiger charge is 2.27. The lowest BCUT2D eigenvalue weighted by atomic mass is 9.93. The van der Waals surface area contributed by atoms with E-state index in [-0.39, 0.29) is 12.0 Å². The van der Waals surface area contributed by atoms with E-state index in [1.54, 1.807) is 17.0 Å². The number of furan rings is 1. The predicted octanol–water partition coefficient (Wildman–Crippen LogP) is 3.18. The summed E-state index contributed by atoms with van der Waals surface area (Å²) in [5, 5.41) is 13.9. The number of rotatable bonds is 5. The summed E-state index contributed by atoms with van der Waals surface area (Å²) in [4.78, 5) is 22.6. The van der Waals surface area contributed by atoms with Crippen molar-refractivity contribution in [1.82, 2.24) is 20.0 Å². The summed E-state index contributed by atoms with van der Waals surface area (Å²) in [7, 11) is 0. The van der Waals surface area contributed by atoms with Gasteiger partial charge in [-0.15, -0.1) is 0 Å². The third kappa shape index (κ3) is 4.29. The Morgan fingerprint density at radius 2 is 2.16 bits per heavy atom. The van der Waals surface area contributed by atoms with Crippen molar-refractivity contribution >= 4 is 17.1 Å². The van der Waals surface area contributed by atoms with Crippen LogP contribution in [0.15, 0.2) is 27.3 Å². The first-order valence-electron chi connectivity index (χ1n) is 10.8. The normalized spacial score (nSPS) is 19.3. The van der Waals surface area contributed by atoms with E-state index in [9.17, 15) is 10.1 Å². The van der Waals surface area contributed by atoms with Gasteiger partial charge in [0.25, 0.3) is 5.89 Å². The first-order chi connectivity index (χ1) is 15.7. The molecule has 0 spiro atoms. The summed E-state index contributed by atoms with van der Waals surface area (Å²) < 4.78 is 21.9. The van der Waals surface area contributed by atoms with Crippen LogP contribution in [0.2, 0.25) is 0 Å². The van der Waals surface area contributed by atoms with Gasteiger partial charge in [-0.05, 0) is 31.2 Å². The van der Waals surface area contributed by atoms with Crippen LogP contribution in [-0.2, 0) is 15.9 Å². The SMILES string of the molecule is N#Cc1nccc2oc(-c3nc(CC4CCN(C(=O)OCC5CCOC5)CC4)no3)cc12. The molecule has 0 aromatic carbocycles. The molecule has 166 valence electrons. The zero-order valence-electron chi connectivity index (χ0n) is 17.5. The number of nitrogens with zero attached hydrogens (tertiary/aromatic N) is 5. The minimum absolute atomic E-state index is 0.242. The Balaban J connectivity index is 1.15. The minimum Gasteiger partial charge on any atom is -0.451 e. The number of amides is 1. The lowest BCUT2D eigenvalue weighted by Gasteiger charge is -2.31. The average molecular weight is 437 g/mol. The van der Waals surface area contributed by atoms with Crippen molar-refractivity contribution in [1.29, 1.82) is 5.26 Å². The first kappa shape index (κ1) is 20.5. The van der Waals surface area contributed by atoms with Crippen LogP contribution >= 0.6 is 0 Å². The summed E-state index contributed by atoms with van der Waals surface area (Å²) in [5.74, 6) is 1.96. The number of likely N-dealkylation sites (tertiary alicyclic amines) is 1. The maximum atomic E-state index is 12.3. The third-order valence-electron chi connectivity index (χ3n) is 6.04. The van der Waals surface area contributed by atoms with Crippen molar-refractivity contribution in [3.05, 3.63) is 29.8 Å². The molecule has 2 aliphatic rings. The highest BCUT2D eigenvalue weighted by atomic mass is 16.6. The maximum Gasteiger partial charge on any atom is 0.409 e. The van der Waals surface area contributed by atoms with Crippen LogP contribution in [0, 0.1) is 23.2 Å². The number of hydrogen-bond acceptors (Lipinski definition) is 9. The molecule has 0 bridgehead atoms. The highest BCUT2D eigenvalue weighted by molar-refractivity contribution is 5.85. The van der Waals surface area contributed by atoms with E-state index in [4.69, 9.17) is 18.4 Å². The average Bonchev–Trinajstić information content (AvgIpc) is 3.58. The van der Waals surface area contributed by atoms with Gasteiger partial charge in [-0.3, -0.25) is 0 Å². The number of carbonyl (C=O) groups is 1. The molecule has 0 N–H and O–H groups in total. The number of nitriles is 1. The number of hydrogen-bond donors (Lipinski definition) is 0. The number of ether oxygens (including phenoxy) is 2. The van der Waals surface area contributed by atoms with Crippen LogP contribution in [0.3, 0.4) is 0 Å². The van der Waals surface area contributed by atoms with E-state index in [0.717, 1.165) is 25.9 Å². The highest BCUT2D eigenvalue weighted by Crippen LogP contribution is 2.29. The van der Waals surface area contributed by atoms with Crippen LogP contribution in [0.1, 0.15) is 30.8 Å². The Hall–Kier alpha value is -3.45. The van der Waals surface area contributed by atoms with Crippen LogP contribution in [0.5, 0.6) is 0 Å². The summed E-state index contributed by atoms with van der Waals surface area (Å²) in [5.41, 5.74) is 0.838. The molecule has 1 unspecified atom stereocenters. The number of aromatic nitrogens is 3. The molecule has 2 aliphatic heterocycles. The second kappa shape index (κ2) is 8.96. The Morgan fingerprint density at radius 3 is 2.94 bits per heavy atom. The lowest BCUT2D eigenvalue weighted by molar-refractivity contribution is 0.0718. The van der Waals surface area contributed by atoms with E-state index < -0.39 is 0 Å². The van der Waals surface area contributed by atoms with Crippen molar-refractivity contribution in [2.24, 2.45) is 11.8 Å². The van der Waals surface area contributed by atoms with Crippen LogP contribution in [-0.4, -0.2) is 59.0 Å². The molecule has 3 aromatic rings. The molecule has 0 aliphatic carbocycles. The molecule has 3 aromatic heterocycles. The van der Waals surface area contributed by atoms with E-state index in [0.29, 0.717) is 72.8 Å². The largest absolute Gasteiger partial charge is 0.451 e. The molecule has 5 rings (SSSR count). The second-order valence-corrected chi connectivity index (χ2v) is 8.25. The number of pyridine rings is 1. The fourth-order valence-corrected chi connectivity index (χ4v) is 4.17. The smallest absolute Gasteiger partial charge is 0.409 e. The molecule has 2 saturated heterocycles. The molecule has 2 fully saturated rings. The minimum atomic E-state index is -0.242. The lowest BCUT2D eigenvalue weighted by Crippen LogP contribution is -2.39. The fraction of sp³-hybridized carbons (Fsp3) is 0.500.